The van der Waals surface area contributed by atoms with E-state index in [2.05, 4.69) is 11.1 Å². The van der Waals surface area contributed by atoms with Crippen molar-refractivity contribution in [3.63, 3.8) is 0 Å². The molecule has 0 unspecified atom stereocenters. The number of pyridine rings is 1. The van der Waals surface area contributed by atoms with E-state index in [1.165, 1.54) is 17.8 Å². The molecular formula is C9H11N3OS. The van der Waals surface area contributed by atoms with Crippen molar-refractivity contribution in [2.75, 3.05) is 12.3 Å². The van der Waals surface area contributed by atoms with Crippen LogP contribution in [0.4, 0.5) is 0 Å². The van der Waals surface area contributed by atoms with Crippen LogP contribution < -0.4 is 11.3 Å². The molecule has 74 valence electrons. The minimum absolute atomic E-state index is 0.180. The summed E-state index contributed by atoms with van der Waals surface area (Å²) in [5.41, 5.74) is 6.40. The van der Waals surface area contributed by atoms with Gasteiger partial charge < -0.3 is 10.7 Å². The fraction of sp³-hybridized carbons (Fsp3) is 0.333. The summed E-state index contributed by atoms with van der Waals surface area (Å²) in [7, 11) is 0. The van der Waals surface area contributed by atoms with Crippen molar-refractivity contribution in [1.29, 1.82) is 5.26 Å². The molecule has 0 atom stereocenters. The monoisotopic (exact) mass is 209 g/mol. The lowest BCUT2D eigenvalue weighted by molar-refractivity contribution is 1.03. The van der Waals surface area contributed by atoms with Crippen molar-refractivity contribution in [2.24, 2.45) is 5.73 Å². The first kappa shape index (κ1) is 10.8. The highest BCUT2D eigenvalue weighted by Gasteiger charge is 2.06. The maximum Gasteiger partial charge on any atom is 0.249 e. The molecular weight excluding hydrogens is 198 g/mol. The number of H-pyrrole nitrogens is 1. The number of nitrogens with zero attached hydrogens (tertiary/aromatic N) is 1. The van der Waals surface area contributed by atoms with Gasteiger partial charge in [-0.15, -0.1) is 11.8 Å². The van der Waals surface area contributed by atoms with E-state index in [4.69, 9.17) is 11.0 Å². The van der Waals surface area contributed by atoms with Crippen LogP contribution in [0.15, 0.2) is 15.9 Å². The summed E-state index contributed by atoms with van der Waals surface area (Å²) in [5, 5.41) is 9.49. The van der Waals surface area contributed by atoms with Gasteiger partial charge >= 0.3 is 0 Å². The van der Waals surface area contributed by atoms with Crippen LogP contribution in [0.3, 0.4) is 0 Å². The summed E-state index contributed by atoms with van der Waals surface area (Å²) < 4.78 is 0. The normalized spacial score (nSPS) is 9.79. The van der Waals surface area contributed by atoms with Gasteiger partial charge in [-0.05, 0) is 12.5 Å². The number of rotatable bonds is 3. The van der Waals surface area contributed by atoms with Crippen LogP contribution in [0.5, 0.6) is 0 Å². The maximum atomic E-state index is 11.1. The third kappa shape index (κ3) is 2.37. The van der Waals surface area contributed by atoms with E-state index in [1.807, 2.05) is 0 Å². The number of nitrogens with one attached hydrogen (secondary N) is 1. The van der Waals surface area contributed by atoms with Crippen LogP contribution in [0, 0.1) is 18.3 Å². The first-order valence-electron chi connectivity index (χ1n) is 4.16. The summed E-state index contributed by atoms with van der Waals surface area (Å²) in [6.45, 7) is 2.27. The zero-order valence-electron chi connectivity index (χ0n) is 7.83. The average molecular weight is 209 g/mol. The minimum Gasteiger partial charge on any atom is -0.330 e. The van der Waals surface area contributed by atoms with Crippen LogP contribution in [0.1, 0.15) is 11.1 Å². The second-order valence-corrected chi connectivity index (χ2v) is 3.87. The van der Waals surface area contributed by atoms with Gasteiger partial charge in [-0.2, -0.15) is 5.26 Å². The third-order valence-electron chi connectivity index (χ3n) is 1.68. The lowest BCUT2D eigenvalue weighted by Crippen LogP contribution is -2.10. The van der Waals surface area contributed by atoms with Crippen LogP contribution in [0.2, 0.25) is 0 Å². The smallest absolute Gasteiger partial charge is 0.249 e. The molecule has 0 radical (unpaired) electrons. The Morgan fingerprint density at radius 1 is 1.71 bits per heavy atom. The fourth-order valence-corrected chi connectivity index (χ4v) is 1.91. The molecule has 0 bridgehead atoms. The predicted molar refractivity (Wildman–Crippen MR) is 56.3 cm³/mol. The molecule has 0 spiro atoms. The summed E-state index contributed by atoms with van der Waals surface area (Å²) in [6, 6.07) is 3.49. The Labute approximate surface area is 86.1 Å². The molecule has 1 rings (SSSR count). The van der Waals surface area contributed by atoms with Crippen LogP contribution in [-0.4, -0.2) is 17.3 Å². The highest BCUT2D eigenvalue weighted by molar-refractivity contribution is 7.99. The largest absolute Gasteiger partial charge is 0.330 e. The SMILES string of the molecule is Cc1cc(=O)[nH]c(SCCN)c1C#N. The number of aromatic amines is 1. The quantitative estimate of drug-likeness (QED) is 0.714. The third-order valence-corrected chi connectivity index (χ3v) is 2.72. The molecule has 0 fully saturated rings. The predicted octanol–water partition coefficient (Wildman–Crippen LogP) is 0.606. The Hall–Kier alpha value is -1.25. The molecule has 3 N–H and O–H groups in total. The van der Waals surface area contributed by atoms with Gasteiger partial charge in [-0.3, -0.25) is 4.79 Å². The summed E-state index contributed by atoms with van der Waals surface area (Å²) in [6.07, 6.45) is 0. The topological polar surface area (TPSA) is 82.7 Å². The Kier molecular flexibility index (Phi) is 3.74. The fourth-order valence-electron chi connectivity index (χ4n) is 1.07. The van der Waals surface area contributed by atoms with E-state index >= 15 is 0 Å². The number of nitrogens with two attached hydrogens (primary N) is 1. The van der Waals surface area contributed by atoms with Gasteiger partial charge in [0.25, 0.3) is 0 Å². The van der Waals surface area contributed by atoms with E-state index in [0.29, 0.717) is 28.5 Å². The lowest BCUT2D eigenvalue weighted by atomic mass is 10.2. The molecule has 0 saturated carbocycles. The van der Waals surface area contributed by atoms with Gasteiger partial charge in [0.15, 0.2) is 0 Å². The maximum absolute atomic E-state index is 11.1. The number of hydrogen-bond acceptors (Lipinski definition) is 4. The standard InChI is InChI=1S/C9H11N3OS/c1-6-4-8(13)12-9(7(6)5-11)14-3-2-10/h4H,2-3,10H2,1H3,(H,12,13). The van der Waals surface area contributed by atoms with Crippen molar-refractivity contribution in [3.05, 3.63) is 27.5 Å². The Morgan fingerprint density at radius 3 is 3.00 bits per heavy atom. The van der Waals surface area contributed by atoms with Crippen LogP contribution in [0.25, 0.3) is 0 Å². The van der Waals surface area contributed by atoms with Crippen LogP contribution >= 0.6 is 11.8 Å². The molecule has 0 amide bonds. The van der Waals surface area contributed by atoms with Gasteiger partial charge in [0, 0.05) is 18.4 Å². The Bertz CT molecular complexity index is 419. The van der Waals surface area contributed by atoms with Crippen LogP contribution in [-0.2, 0) is 0 Å². The molecule has 14 heavy (non-hydrogen) atoms. The van der Waals surface area contributed by atoms with Gasteiger partial charge in [-0.25, -0.2) is 0 Å². The Morgan fingerprint density at radius 2 is 2.43 bits per heavy atom. The molecule has 5 heteroatoms. The van der Waals surface area contributed by atoms with Gasteiger partial charge in [-0.1, -0.05) is 0 Å². The first-order valence-corrected chi connectivity index (χ1v) is 5.14. The van der Waals surface area contributed by atoms with Crippen molar-refractivity contribution < 1.29 is 0 Å². The van der Waals surface area contributed by atoms with E-state index in [1.54, 1.807) is 6.92 Å². The second kappa shape index (κ2) is 4.84. The summed E-state index contributed by atoms with van der Waals surface area (Å²) >= 11 is 1.40. The number of aromatic nitrogens is 1. The number of hydrogen-bond donors (Lipinski definition) is 2. The summed E-state index contributed by atoms with van der Waals surface area (Å²) in [4.78, 5) is 13.8. The average Bonchev–Trinajstić information content (AvgIpc) is 2.14. The molecule has 1 aromatic heterocycles. The van der Waals surface area contributed by atoms with Crippen molar-refractivity contribution in [2.45, 2.75) is 11.9 Å². The van der Waals surface area contributed by atoms with E-state index in [0.717, 1.165) is 0 Å². The highest BCUT2D eigenvalue weighted by Crippen LogP contribution is 2.19. The van der Waals surface area contributed by atoms with Crippen molar-refractivity contribution in [3.8, 4) is 6.07 Å². The number of thioether (sulfide) groups is 1. The molecule has 1 aromatic rings. The number of nitriles is 1. The highest BCUT2D eigenvalue weighted by atomic mass is 32.2. The van der Waals surface area contributed by atoms with E-state index in [-0.39, 0.29) is 5.56 Å². The van der Waals surface area contributed by atoms with Crippen molar-refractivity contribution in [1.82, 2.24) is 4.98 Å². The van der Waals surface area contributed by atoms with Gasteiger partial charge in [0.05, 0.1) is 10.6 Å². The lowest BCUT2D eigenvalue weighted by Gasteiger charge is -2.04. The molecule has 4 nitrogen and oxygen atoms in total. The zero-order valence-corrected chi connectivity index (χ0v) is 8.65. The second-order valence-electron chi connectivity index (χ2n) is 2.77. The van der Waals surface area contributed by atoms with Crippen molar-refractivity contribution >= 4 is 11.8 Å². The molecule has 0 aliphatic carbocycles. The Balaban J connectivity index is 3.13. The van der Waals surface area contributed by atoms with Gasteiger partial charge in [0.2, 0.25) is 5.56 Å². The van der Waals surface area contributed by atoms with E-state index < -0.39 is 0 Å². The molecule has 0 aromatic carbocycles. The molecule has 1 heterocycles. The number of aryl methyl sites for hydroxylation is 1. The van der Waals surface area contributed by atoms with E-state index in [9.17, 15) is 4.79 Å². The molecule has 0 saturated heterocycles. The zero-order chi connectivity index (χ0) is 10.6. The summed E-state index contributed by atoms with van der Waals surface area (Å²) in [5.74, 6) is 0.689. The molecule has 0 aliphatic heterocycles. The van der Waals surface area contributed by atoms with Gasteiger partial charge in [0.1, 0.15) is 6.07 Å². The minimum atomic E-state index is -0.180. The first-order chi connectivity index (χ1) is 6.69. The molecule has 0 aliphatic rings.